The number of fused-ring (bicyclic) bond motifs is 1. The van der Waals surface area contributed by atoms with Gasteiger partial charge in [-0.15, -0.1) is 0 Å². The SMILES string of the molecule is CCC(=O)NCc1ccc(C(=Nc2ccc(N(C)C(=O)CN3CCN(C)CC3)cc2)C2C(=O)Nc3cc(F)ccc32)cc1. The fraction of sp³-hybridized carbons (Fsp3) is 0.333. The third-order valence-electron chi connectivity index (χ3n) is 8.00. The lowest BCUT2D eigenvalue weighted by atomic mass is 9.90. The average molecular weight is 585 g/mol. The van der Waals surface area contributed by atoms with Gasteiger partial charge in [0.15, 0.2) is 0 Å². The van der Waals surface area contributed by atoms with E-state index in [-0.39, 0.29) is 17.7 Å². The van der Waals surface area contributed by atoms with Gasteiger partial charge in [-0.1, -0.05) is 37.3 Å². The second-order valence-electron chi connectivity index (χ2n) is 11.0. The van der Waals surface area contributed by atoms with Gasteiger partial charge in [0.25, 0.3) is 0 Å². The molecule has 2 heterocycles. The summed E-state index contributed by atoms with van der Waals surface area (Å²) < 4.78 is 13.9. The molecule has 1 fully saturated rings. The summed E-state index contributed by atoms with van der Waals surface area (Å²) in [6.07, 6.45) is 0.407. The third-order valence-corrected chi connectivity index (χ3v) is 8.00. The van der Waals surface area contributed by atoms with Crippen LogP contribution in [0.2, 0.25) is 0 Å². The van der Waals surface area contributed by atoms with Crippen molar-refractivity contribution in [3.05, 3.63) is 89.2 Å². The number of hydrogen-bond acceptors (Lipinski definition) is 6. The summed E-state index contributed by atoms with van der Waals surface area (Å²) in [7, 11) is 3.86. The number of piperazine rings is 1. The van der Waals surface area contributed by atoms with Crippen LogP contribution in [0.25, 0.3) is 0 Å². The van der Waals surface area contributed by atoms with Gasteiger partial charge in [-0.3, -0.25) is 24.3 Å². The zero-order chi connectivity index (χ0) is 30.5. The van der Waals surface area contributed by atoms with E-state index in [2.05, 4.69) is 27.5 Å². The van der Waals surface area contributed by atoms with Crippen molar-refractivity contribution in [2.24, 2.45) is 4.99 Å². The summed E-state index contributed by atoms with van der Waals surface area (Å²) in [6, 6.07) is 19.1. The Balaban J connectivity index is 1.40. The molecule has 5 rings (SSSR count). The standard InChI is InChI=1S/C33H37FN6O3/c1-4-29(41)35-20-22-5-7-23(8-6-22)32(31-27-14-9-24(34)19-28(27)37-33(31)43)36-25-10-12-26(13-11-25)39(3)30(42)21-40-17-15-38(2)16-18-40/h5-14,19,31H,4,15-18,20-21H2,1-3H3,(H,35,41)(H,37,43). The Bertz CT molecular complexity index is 1510. The molecule has 2 N–H and O–H groups in total. The highest BCUT2D eigenvalue weighted by Crippen LogP contribution is 2.37. The van der Waals surface area contributed by atoms with E-state index in [1.54, 1.807) is 24.9 Å². The number of anilines is 2. The summed E-state index contributed by atoms with van der Waals surface area (Å²) in [5.41, 5.74) is 4.59. The Morgan fingerprint density at radius 3 is 2.40 bits per heavy atom. The molecule has 0 aromatic heterocycles. The molecular formula is C33H37FN6O3. The molecule has 1 saturated heterocycles. The predicted molar refractivity (Wildman–Crippen MR) is 166 cm³/mol. The molecule has 1 atom stereocenters. The summed E-state index contributed by atoms with van der Waals surface area (Å²) in [5.74, 6) is -1.48. The molecule has 0 radical (unpaired) electrons. The summed E-state index contributed by atoms with van der Waals surface area (Å²) in [5, 5.41) is 5.65. The van der Waals surface area contributed by atoms with Gasteiger partial charge in [0.2, 0.25) is 17.7 Å². The van der Waals surface area contributed by atoms with E-state index in [9.17, 15) is 18.8 Å². The van der Waals surface area contributed by atoms with Gasteiger partial charge in [-0.25, -0.2) is 4.39 Å². The molecule has 1 unspecified atom stereocenters. The molecule has 0 spiro atoms. The normalized spacial score (nSPS) is 17.3. The maximum Gasteiger partial charge on any atom is 0.240 e. The number of likely N-dealkylation sites (N-methyl/N-ethyl adjacent to an activating group) is 2. The maximum atomic E-state index is 13.9. The largest absolute Gasteiger partial charge is 0.352 e. The number of rotatable bonds is 9. The van der Waals surface area contributed by atoms with Gasteiger partial charge in [0, 0.05) is 57.6 Å². The minimum atomic E-state index is -0.742. The highest BCUT2D eigenvalue weighted by Gasteiger charge is 2.35. The second kappa shape index (κ2) is 13.3. The molecule has 2 aliphatic rings. The maximum absolute atomic E-state index is 13.9. The summed E-state index contributed by atoms with van der Waals surface area (Å²) >= 11 is 0. The minimum Gasteiger partial charge on any atom is -0.352 e. The van der Waals surface area contributed by atoms with E-state index in [4.69, 9.17) is 4.99 Å². The highest BCUT2D eigenvalue weighted by molar-refractivity contribution is 6.24. The van der Waals surface area contributed by atoms with Gasteiger partial charge in [-0.05, 0) is 60.1 Å². The fourth-order valence-corrected chi connectivity index (χ4v) is 5.26. The number of benzene rings is 3. The Morgan fingerprint density at radius 1 is 1.02 bits per heavy atom. The van der Waals surface area contributed by atoms with Crippen LogP contribution in [0.5, 0.6) is 0 Å². The van der Waals surface area contributed by atoms with E-state index < -0.39 is 11.7 Å². The quantitative estimate of drug-likeness (QED) is 0.372. The summed E-state index contributed by atoms with van der Waals surface area (Å²) in [6.45, 7) is 6.19. The molecule has 2 aliphatic heterocycles. The van der Waals surface area contributed by atoms with E-state index in [0.29, 0.717) is 42.2 Å². The van der Waals surface area contributed by atoms with Gasteiger partial charge >= 0.3 is 0 Å². The lowest BCUT2D eigenvalue weighted by Crippen LogP contribution is -2.48. The van der Waals surface area contributed by atoms with E-state index in [1.807, 2.05) is 48.5 Å². The number of nitrogens with zero attached hydrogens (tertiary/aromatic N) is 4. The molecule has 0 aliphatic carbocycles. The Kier molecular flexibility index (Phi) is 9.27. The van der Waals surface area contributed by atoms with Gasteiger partial charge in [0.1, 0.15) is 11.7 Å². The number of nitrogens with one attached hydrogen (secondary N) is 2. The zero-order valence-electron chi connectivity index (χ0n) is 24.8. The van der Waals surface area contributed by atoms with Crippen LogP contribution in [0.3, 0.4) is 0 Å². The monoisotopic (exact) mass is 584 g/mol. The molecule has 9 nitrogen and oxygen atoms in total. The first-order chi connectivity index (χ1) is 20.7. The Morgan fingerprint density at radius 2 is 1.72 bits per heavy atom. The van der Waals surface area contributed by atoms with Crippen molar-refractivity contribution in [3.8, 4) is 0 Å². The number of carbonyl (C=O) groups is 3. The van der Waals surface area contributed by atoms with Crippen LogP contribution in [0.4, 0.5) is 21.5 Å². The van der Waals surface area contributed by atoms with Crippen LogP contribution in [0.15, 0.2) is 71.7 Å². The van der Waals surface area contributed by atoms with Crippen molar-refractivity contribution in [1.29, 1.82) is 0 Å². The Labute approximate surface area is 251 Å². The van der Waals surface area contributed by atoms with Crippen LogP contribution in [0.1, 0.15) is 36.0 Å². The number of halogens is 1. The zero-order valence-corrected chi connectivity index (χ0v) is 24.8. The van der Waals surface area contributed by atoms with Crippen molar-refractivity contribution in [2.45, 2.75) is 25.8 Å². The first-order valence-corrected chi connectivity index (χ1v) is 14.5. The first-order valence-electron chi connectivity index (χ1n) is 14.5. The van der Waals surface area contributed by atoms with Crippen molar-refractivity contribution in [3.63, 3.8) is 0 Å². The van der Waals surface area contributed by atoms with Crippen LogP contribution < -0.4 is 15.5 Å². The van der Waals surface area contributed by atoms with Gasteiger partial charge < -0.3 is 20.4 Å². The molecular weight excluding hydrogens is 547 g/mol. The fourth-order valence-electron chi connectivity index (χ4n) is 5.26. The van der Waals surface area contributed by atoms with Crippen LogP contribution in [0, 0.1) is 5.82 Å². The second-order valence-corrected chi connectivity index (χ2v) is 11.0. The third kappa shape index (κ3) is 7.15. The van der Waals surface area contributed by atoms with Gasteiger partial charge in [0.05, 0.1) is 17.9 Å². The van der Waals surface area contributed by atoms with Crippen molar-refractivity contribution >= 4 is 40.5 Å². The lowest BCUT2D eigenvalue weighted by Gasteiger charge is -2.32. The molecule has 3 aromatic carbocycles. The molecule has 224 valence electrons. The first kappa shape index (κ1) is 30.1. The van der Waals surface area contributed by atoms with E-state index >= 15 is 0 Å². The predicted octanol–water partition coefficient (Wildman–Crippen LogP) is 3.92. The molecule has 10 heteroatoms. The smallest absolute Gasteiger partial charge is 0.240 e. The average Bonchev–Trinajstić information content (AvgIpc) is 3.34. The van der Waals surface area contributed by atoms with Crippen LogP contribution in [-0.4, -0.2) is 80.1 Å². The van der Waals surface area contributed by atoms with Crippen molar-refractivity contribution < 1.29 is 18.8 Å². The number of amides is 3. The summed E-state index contributed by atoms with van der Waals surface area (Å²) in [4.78, 5) is 48.9. The van der Waals surface area contributed by atoms with Crippen LogP contribution in [-0.2, 0) is 20.9 Å². The van der Waals surface area contributed by atoms with E-state index in [0.717, 1.165) is 43.0 Å². The van der Waals surface area contributed by atoms with E-state index in [1.165, 1.54) is 12.1 Å². The number of carbonyl (C=O) groups excluding carboxylic acids is 3. The van der Waals surface area contributed by atoms with Crippen LogP contribution >= 0.6 is 0 Å². The Hall–Kier alpha value is -4.41. The number of hydrogen-bond donors (Lipinski definition) is 2. The number of aliphatic imine (C=N–C) groups is 1. The highest BCUT2D eigenvalue weighted by atomic mass is 19.1. The molecule has 0 saturated carbocycles. The lowest BCUT2D eigenvalue weighted by molar-refractivity contribution is -0.121. The molecule has 43 heavy (non-hydrogen) atoms. The van der Waals surface area contributed by atoms with Gasteiger partial charge in [-0.2, -0.15) is 0 Å². The van der Waals surface area contributed by atoms with Crippen molar-refractivity contribution in [1.82, 2.24) is 15.1 Å². The molecule has 3 amide bonds. The van der Waals surface area contributed by atoms with Crippen molar-refractivity contribution in [2.75, 3.05) is 57.0 Å². The topological polar surface area (TPSA) is 97.3 Å². The molecule has 0 bridgehead atoms. The minimum absolute atomic E-state index is 0.0168. The molecule has 3 aromatic rings.